The first-order valence-corrected chi connectivity index (χ1v) is 4.99. The Kier molecular flexibility index (Phi) is 3.53. The summed E-state index contributed by atoms with van der Waals surface area (Å²) in [6.07, 6.45) is -0.374. The van der Waals surface area contributed by atoms with Crippen molar-refractivity contribution in [3.05, 3.63) is 34.4 Å². The number of benzene rings is 1. The fraction of sp³-hybridized carbons (Fsp3) is 0.364. The maximum absolute atomic E-state index is 13.6. The summed E-state index contributed by atoms with van der Waals surface area (Å²) >= 11 is 5.54. The number of halogens is 3. The first kappa shape index (κ1) is 12.9. The van der Waals surface area contributed by atoms with E-state index in [1.807, 2.05) is 0 Å². The number of aliphatic carboxylic acids is 1. The van der Waals surface area contributed by atoms with Crippen LogP contribution in [0.5, 0.6) is 0 Å². The van der Waals surface area contributed by atoms with Crippen molar-refractivity contribution in [2.75, 3.05) is 0 Å². The fourth-order valence-electron chi connectivity index (χ4n) is 1.61. The Balaban J connectivity index is 3.31. The third-order valence-corrected chi connectivity index (χ3v) is 2.61. The Morgan fingerprint density at radius 1 is 1.44 bits per heavy atom. The first-order valence-electron chi connectivity index (χ1n) is 4.61. The molecule has 0 spiro atoms. The van der Waals surface area contributed by atoms with Crippen molar-refractivity contribution in [3.63, 3.8) is 0 Å². The number of rotatable bonds is 3. The van der Waals surface area contributed by atoms with E-state index in [2.05, 4.69) is 0 Å². The molecule has 1 aromatic carbocycles. The first-order chi connectivity index (χ1) is 7.25. The molecule has 1 rings (SSSR count). The van der Waals surface area contributed by atoms with Crippen LogP contribution in [0.4, 0.5) is 8.78 Å². The summed E-state index contributed by atoms with van der Waals surface area (Å²) < 4.78 is 27.1. The number of hydrogen-bond acceptors (Lipinski definition) is 1. The Bertz CT molecular complexity index is 430. The zero-order chi connectivity index (χ0) is 12.5. The predicted molar refractivity (Wildman–Crippen MR) is 56.6 cm³/mol. The quantitative estimate of drug-likeness (QED) is 0.833. The molecule has 0 aromatic heterocycles. The Morgan fingerprint density at radius 2 is 2.00 bits per heavy atom. The van der Waals surface area contributed by atoms with Crippen molar-refractivity contribution in [3.8, 4) is 0 Å². The molecule has 1 N–H and O–H groups in total. The molecule has 5 heteroatoms. The van der Waals surface area contributed by atoms with Gasteiger partial charge in [-0.25, -0.2) is 8.78 Å². The average Bonchev–Trinajstić information content (AvgIpc) is 2.09. The predicted octanol–water partition coefficient (Wildman–Crippen LogP) is 3.37. The van der Waals surface area contributed by atoms with Crippen LogP contribution in [0.2, 0.25) is 5.02 Å². The summed E-state index contributed by atoms with van der Waals surface area (Å²) in [7, 11) is 0. The van der Waals surface area contributed by atoms with Gasteiger partial charge in [0.15, 0.2) is 0 Å². The van der Waals surface area contributed by atoms with Crippen LogP contribution < -0.4 is 0 Å². The highest BCUT2D eigenvalue weighted by atomic mass is 35.5. The summed E-state index contributed by atoms with van der Waals surface area (Å²) in [4.78, 5) is 10.6. The van der Waals surface area contributed by atoms with Gasteiger partial charge < -0.3 is 5.11 Å². The molecular formula is C11H11ClF2O2. The topological polar surface area (TPSA) is 37.3 Å². The van der Waals surface area contributed by atoms with E-state index >= 15 is 0 Å². The van der Waals surface area contributed by atoms with E-state index in [1.165, 1.54) is 13.8 Å². The number of hydrogen-bond donors (Lipinski definition) is 1. The van der Waals surface area contributed by atoms with Gasteiger partial charge in [0, 0.05) is 11.0 Å². The lowest BCUT2D eigenvalue weighted by Crippen LogP contribution is -2.24. The molecule has 16 heavy (non-hydrogen) atoms. The molecular weight excluding hydrogens is 238 g/mol. The van der Waals surface area contributed by atoms with Crippen LogP contribution >= 0.6 is 11.6 Å². The van der Waals surface area contributed by atoms with Crippen molar-refractivity contribution in [2.24, 2.45) is 0 Å². The second kappa shape index (κ2) is 4.37. The van der Waals surface area contributed by atoms with Gasteiger partial charge in [-0.05, 0) is 12.1 Å². The molecule has 88 valence electrons. The second-order valence-electron chi connectivity index (χ2n) is 4.17. The Morgan fingerprint density at radius 3 is 2.50 bits per heavy atom. The molecule has 0 aliphatic rings. The van der Waals surface area contributed by atoms with E-state index in [-0.39, 0.29) is 17.0 Å². The molecule has 2 nitrogen and oxygen atoms in total. The van der Waals surface area contributed by atoms with Crippen molar-refractivity contribution < 1.29 is 18.7 Å². The van der Waals surface area contributed by atoms with Crippen LogP contribution in [0.3, 0.4) is 0 Å². The van der Waals surface area contributed by atoms with Gasteiger partial charge in [-0.2, -0.15) is 0 Å². The maximum atomic E-state index is 13.6. The fourth-order valence-corrected chi connectivity index (χ4v) is 1.77. The lowest BCUT2D eigenvalue weighted by atomic mass is 9.81. The molecule has 0 fully saturated rings. The molecule has 0 saturated heterocycles. The van der Waals surface area contributed by atoms with Crippen LogP contribution in [0.25, 0.3) is 0 Å². The van der Waals surface area contributed by atoms with Gasteiger partial charge in [0.2, 0.25) is 0 Å². The van der Waals surface area contributed by atoms with Crippen LogP contribution in [0.1, 0.15) is 25.8 Å². The second-order valence-corrected chi connectivity index (χ2v) is 4.58. The lowest BCUT2D eigenvalue weighted by molar-refractivity contribution is -0.138. The summed E-state index contributed by atoms with van der Waals surface area (Å²) in [6, 6.07) is 2.14. The molecule has 1 aromatic rings. The van der Waals surface area contributed by atoms with Crippen molar-refractivity contribution >= 4 is 17.6 Å². The maximum Gasteiger partial charge on any atom is 0.304 e. The van der Waals surface area contributed by atoms with E-state index in [1.54, 1.807) is 0 Å². The minimum absolute atomic E-state index is 0.213. The summed E-state index contributed by atoms with van der Waals surface area (Å²) in [5, 5.41) is 8.47. The van der Waals surface area contributed by atoms with Crippen LogP contribution in [-0.2, 0) is 10.2 Å². The zero-order valence-electron chi connectivity index (χ0n) is 8.85. The normalized spacial score (nSPS) is 11.6. The van der Waals surface area contributed by atoms with Gasteiger partial charge in [0.25, 0.3) is 0 Å². The number of carbonyl (C=O) groups is 1. The Labute approximate surface area is 96.8 Å². The summed E-state index contributed by atoms with van der Waals surface area (Å²) in [5.41, 5.74) is -1.44. The van der Waals surface area contributed by atoms with Gasteiger partial charge in [-0.1, -0.05) is 25.4 Å². The SMILES string of the molecule is CC(C)(CC(=O)O)c1c(F)ccc(Cl)c1F. The Hall–Kier alpha value is -1.16. The minimum Gasteiger partial charge on any atom is -0.481 e. The smallest absolute Gasteiger partial charge is 0.304 e. The third-order valence-electron chi connectivity index (χ3n) is 2.31. The van der Waals surface area contributed by atoms with Gasteiger partial charge >= 0.3 is 5.97 Å². The standard InChI is InChI=1S/C11H11ClF2O2/c1-11(2,5-8(15)16)9-7(13)4-3-6(12)10(9)14/h3-4H,5H2,1-2H3,(H,15,16). The molecule has 0 aliphatic carbocycles. The zero-order valence-corrected chi connectivity index (χ0v) is 9.61. The van der Waals surface area contributed by atoms with Crippen molar-refractivity contribution in [1.82, 2.24) is 0 Å². The molecule has 0 bridgehead atoms. The van der Waals surface area contributed by atoms with Gasteiger partial charge in [0.05, 0.1) is 11.4 Å². The van der Waals surface area contributed by atoms with Crippen molar-refractivity contribution in [2.45, 2.75) is 25.7 Å². The van der Waals surface area contributed by atoms with Gasteiger partial charge in [-0.15, -0.1) is 0 Å². The summed E-state index contributed by atoms with van der Waals surface area (Å²) in [6.45, 7) is 2.91. The van der Waals surface area contributed by atoms with E-state index in [0.717, 1.165) is 12.1 Å². The monoisotopic (exact) mass is 248 g/mol. The number of carboxylic acids is 1. The molecule has 0 amide bonds. The molecule has 0 radical (unpaired) electrons. The molecule has 0 heterocycles. The van der Waals surface area contributed by atoms with Crippen LogP contribution in [-0.4, -0.2) is 11.1 Å². The van der Waals surface area contributed by atoms with E-state index in [0.29, 0.717) is 0 Å². The molecule has 0 saturated carbocycles. The highest BCUT2D eigenvalue weighted by Gasteiger charge is 2.31. The van der Waals surface area contributed by atoms with E-state index in [9.17, 15) is 13.6 Å². The molecule has 0 atom stereocenters. The van der Waals surface area contributed by atoms with E-state index < -0.39 is 23.0 Å². The van der Waals surface area contributed by atoms with Crippen LogP contribution in [0, 0.1) is 11.6 Å². The lowest BCUT2D eigenvalue weighted by Gasteiger charge is -2.24. The summed E-state index contributed by atoms with van der Waals surface area (Å²) in [5.74, 6) is -2.80. The van der Waals surface area contributed by atoms with Gasteiger partial charge in [0.1, 0.15) is 11.6 Å². The minimum atomic E-state index is -1.15. The highest BCUT2D eigenvalue weighted by molar-refractivity contribution is 6.30. The number of carboxylic acid groups (broad SMARTS) is 1. The molecule has 0 unspecified atom stereocenters. The highest BCUT2D eigenvalue weighted by Crippen LogP contribution is 2.34. The average molecular weight is 249 g/mol. The van der Waals surface area contributed by atoms with E-state index in [4.69, 9.17) is 16.7 Å². The third kappa shape index (κ3) is 2.50. The molecule has 0 aliphatic heterocycles. The largest absolute Gasteiger partial charge is 0.481 e. The van der Waals surface area contributed by atoms with Gasteiger partial charge in [-0.3, -0.25) is 4.79 Å². The van der Waals surface area contributed by atoms with Crippen molar-refractivity contribution in [1.29, 1.82) is 0 Å². The van der Waals surface area contributed by atoms with Crippen LogP contribution in [0.15, 0.2) is 12.1 Å².